The van der Waals surface area contributed by atoms with Gasteiger partial charge in [0, 0.05) is 23.6 Å². The van der Waals surface area contributed by atoms with Crippen molar-refractivity contribution in [1.29, 1.82) is 0 Å². The standard InChI is InChI=1S/C41H48O8/c1-26(19-22-43-30-14-12-28-13-17-37(42)45-33(28)25-30)11-16-36-40(5,6)49-41(48-36)21-18-32-34(46-41)24-29-8-7-9-31(29)38(32)44-23-20-27(2)10-15-35-39(3,4)47-35/h12-14,17-21,24-25,35-36H,7-11,15-16,22-23H2,1-6H3/b26-19+,27-20+. The van der Waals surface area contributed by atoms with Gasteiger partial charge in [0.05, 0.1) is 29.0 Å². The zero-order valence-electron chi connectivity index (χ0n) is 29.6. The molecule has 1 aliphatic carbocycles. The van der Waals surface area contributed by atoms with Crippen LogP contribution in [0.25, 0.3) is 17.0 Å². The van der Waals surface area contributed by atoms with Gasteiger partial charge in [-0.25, -0.2) is 4.79 Å². The maximum Gasteiger partial charge on any atom is 0.350 e. The van der Waals surface area contributed by atoms with Gasteiger partial charge in [0.15, 0.2) is 0 Å². The van der Waals surface area contributed by atoms with Gasteiger partial charge in [-0.05, 0) is 140 Å². The Kier molecular flexibility index (Phi) is 9.01. The Morgan fingerprint density at radius 2 is 1.57 bits per heavy atom. The molecular formula is C41H48O8. The van der Waals surface area contributed by atoms with Gasteiger partial charge in [-0.15, -0.1) is 0 Å². The van der Waals surface area contributed by atoms with Gasteiger partial charge in [-0.2, -0.15) is 0 Å². The Bertz CT molecular complexity index is 1880. The maximum absolute atomic E-state index is 11.6. The summed E-state index contributed by atoms with van der Waals surface area (Å²) in [5.74, 6) is 1.02. The van der Waals surface area contributed by atoms with Gasteiger partial charge in [-0.3, -0.25) is 0 Å². The van der Waals surface area contributed by atoms with Crippen LogP contribution >= 0.6 is 0 Å². The van der Waals surface area contributed by atoms with Crippen molar-refractivity contribution >= 4 is 17.0 Å². The Morgan fingerprint density at radius 3 is 2.31 bits per heavy atom. The summed E-state index contributed by atoms with van der Waals surface area (Å²) in [4.78, 5) is 11.6. The van der Waals surface area contributed by atoms with Crippen molar-refractivity contribution in [3.8, 4) is 17.2 Å². The molecule has 49 heavy (non-hydrogen) atoms. The molecule has 2 aromatic carbocycles. The molecule has 7 rings (SSSR count). The molecule has 3 aromatic rings. The van der Waals surface area contributed by atoms with E-state index < -0.39 is 11.6 Å². The zero-order chi connectivity index (χ0) is 34.4. The molecule has 1 aromatic heterocycles. The van der Waals surface area contributed by atoms with Crippen LogP contribution < -0.4 is 19.8 Å². The number of fused-ring (bicyclic) bond motifs is 3. The molecule has 3 unspecified atom stereocenters. The van der Waals surface area contributed by atoms with Crippen LogP contribution in [0, 0.1) is 0 Å². The van der Waals surface area contributed by atoms with E-state index in [1.165, 1.54) is 28.3 Å². The third kappa shape index (κ3) is 7.37. The minimum absolute atomic E-state index is 0.0287. The summed E-state index contributed by atoms with van der Waals surface area (Å²) in [6.07, 6.45) is 15.1. The lowest BCUT2D eigenvalue weighted by molar-refractivity contribution is -0.270. The third-order valence-corrected chi connectivity index (χ3v) is 10.2. The van der Waals surface area contributed by atoms with Gasteiger partial charge in [-0.1, -0.05) is 11.1 Å². The van der Waals surface area contributed by atoms with E-state index in [2.05, 4.69) is 65.8 Å². The fourth-order valence-electron chi connectivity index (χ4n) is 7.14. The topological polar surface area (TPSA) is 88.9 Å². The van der Waals surface area contributed by atoms with E-state index in [9.17, 15) is 4.79 Å². The van der Waals surface area contributed by atoms with Crippen molar-refractivity contribution in [2.45, 2.75) is 116 Å². The number of aryl methyl sites for hydroxylation is 1. The van der Waals surface area contributed by atoms with Crippen LogP contribution in [0.3, 0.4) is 0 Å². The summed E-state index contributed by atoms with van der Waals surface area (Å²) in [7, 11) is 0. The fraction of sp³-hybridized carbons (Fsp3) is 0.488. The lowest BCUT2D eigenvalue weighted by Gasteiger charge is -2.31. The highest BCUT2D eigenvalue weighted by Crippen LogP contribution is 2.49. The van der Waals surface area contributed by atoms with E-state index in [1.54, 1.807) is 12.1 Å². The molecule has 4 heterocycles. The second-order valence-electron chi connectivity index (χ2n) is 14.9. The van der Waals surface area contributed by atoms with Crippen LogP contribution in [0.15, 0.2) is 75.0 Å². The van der Waals surface area contributed by atoms with Crippen molar-refractivity contribution < 1.29 is 32.8 Å². The van der Waals surface area contributed by atoms with Crippen molar-refractivity contribution in [2.24, 2.45) is 0 Å². The van der Waals surface area contributed by atoms with E-state index in [1.807, 2.05) is 18.2 Å². The highest BCUT2D eigenvalue weighted by molar-refractivity contribution is 5.77. The van der Waals surface area contributed by atoms with Gasteiger partial charge in [0.1, 0.15) is 36.0 Å². The molecule has 1 spiro atoms. The summed E-state index contributed by atoms with van der Waals surface area (Å²) < 4.78 is 43.1. The normalized spacial score (nSPS) is 24.9. The van der Waals surface area contributed by atoms with E-state index in [0.29, 0.717) is 30.7 Å². The maximum atomic E-state index is 11.6. The number of allylic oxidation sites excluding steroid dienone is 2. The van der Waals surface area contributed by atoms with Crippen molar-refractivity contribution in [2.75, 3.05) is 13.2 Å². The Hall–Kier alpha value is -3.85. The minimum Gasteiger partial charge on any atom is -0.489 e. The van der Waals surface area contributed by atoms with Crippen LogP contribution in [0.4, 0.5) is 0 Å². The first-order chi connectivity index (χ1) is 23.4. The number of epoxide rings is 1. The average Bonchev–Trinajstić information content (AvgIpc) is 3.31. The molecule has 3 aliphatic heterocycles. The predicted octanol–water partition coefficient (Wildman–Crippen LogP) is 8.62. The van der Waals surface area contributed by atoms with E-state index >= 15 is 0 Å². The van der Waals surface area contributed by atoms with Crippen molar-refractivity contribution in [3.05, 3.63) is 92.9 Å². The van der Waals surface area contributed by atoms with E-state index in [0.717, 1.165) is 67.4 Å². The lowest BCUT2D eigenvalue weighted by Crippen LogP contribution is -2.39. The number of hydrogen-bond donors (Lipinski definition) is 0. The zero-order valence-corrected chi connectivity index (χ0v) is 29.6. The molecule has 3 atom stereocenters. The molecule has 0 bridgehead atoms. The van der Waals surface area contributed by atoms with Gasteiger partial charge < -0.3 is 32.8 Å². The molecule has 8 heteroatoms. The molecular weight excluding hydrogens is 620 g/mol. The second-order valence-corrected chi connectivity index (χ2v) is 14.9. The summed E-state index contributed by atoms with van der Waals surface area (Å²) in [5.41, 5.74) is 5.61. The van der Waals surface area contributed by atoms with E-state index in [4.69, 9.17) is 32.8 Å². The van der Waals surface area contributed by atoms with Gasteiger partial charge in [0.25, 0.3) is 0 Å². The summed E-state index contributed by atoms with van der Waals surface area (Å²) in [6, 6.07) is 10.8. The quantitative estimate of drug-likeness (QED) is 0.108. The minimum atomic E-state index is -1.29. The third-order valence-electron chi connectivity index (χ3n) is 10.2. The first kappa shape index (κ1) is 33.6. The Balaban J connectivity index is 0.968. The smallest absolute Gasteiger partial charge is 0.350 e. The fourth-order valence-corrected chi connectivity index (χ4v) is 7.14. The summed E-state index contributed by atoms with van der Waals surface area (Å²) in [5, 5.41) is 0.855. The molecule has 4 aliphatic rings. The largest absolute Gasteiger partial charge is 0.489 e. The Morgan fingerprint density at radius 1 is 0.878 bits per heavy atom. The van der Waals surface area contributed by atoms with Crippen LogP contribution in [-0.2, 0) is 27.1 Å². The second kappa shape index (κ2) is 13.1. The molecule has 8 nitrogen and oxygen atoms in total. The molecule has 0 N–H and O–H groups in total. The van der Waals surface area contributed by atoms with Crippen LogP contribution in [0.5, 0.6) is 17.2 Å². The van der Waals surface area contributed by atoms with Crippen LogP contribution in [0.2, 0.25) is 0 Å². The Labute approximate surface area is 288 Å². The highest BCUT2D eigenvalue weighted by Gasteiger charge is 2.54. The lowest BCUT2D eigenvalue weighted by atomic mass is 9.96. The number of ether oxygens (including phenoxy) is 6. The SMILES string of the molecule is C/C(=C\COc1c2c(cc3c1CCC3)OC1(C=C2)OC(CC/C(C)=C/COc2ccc3ccc(=O)oc3c2)C(C)(C)O1)CCC1OC1(C)C. The average molecular weight is 669 g/mol. The summed E-state index contributed by atoms with van der Waals surface area (Å²) in [6.45, 7) is 13.6. The van der Waals surface area contributed by atoms with E-state index in [-0.39, 0.29) is 17.3 Å². The van der Waals surface area contributed by atoms with Crippen LogP contribution in [0.1, 0.15) is 90.3 Å². The first-order valence-electron chi connectivity index (χ1n) is 17.6. The molecule has 0 amide bonds. The molecule has 2 fully saturated rings. The monoisotopic (exact) mass is 668 g/mol. The number of benzene rings is 2. The summed E-state index contributed by atoms with van der Waals surface area (Å²) >= 11 is 0. The first-order valence-corrected chi connectivity index (χ1v) is 17.6. The molecule has 0 radical (unpaired) electrons. The molecule has 260 valence electrons. The van der Waals surface area contributed by atoms with Crippen LogP contribution in [-0.4, -0.2) is 42.6 Å². The van der Waals surface area contributed by atoms with Crippen molar-refractivity contribution in [3.63, 3.8) is 0 Å². The molecule has 0 saturated carbocycles. The number of hydrogen-bond acceptors (Lipinski definition) is 8. The number of rotatable bonds is 12. The predicted molar refractivity (Wildman–Crippen MR) is 189 cm³/mol. The van der Waals surface area contributed by atoms with Gasteiger partial charge >= 0.3 is 11.6 Å². The van der Waals surface area contributed by atoms with Gasteiger partial charge in [0.2, 0.25) is 0 Å². The molecule has 2 saturated heterocycles. The highest BCUT2D eigenvalue weighted by atomic mass is 16.9. The van der Waals surface area contributed by atoms with Crippen molar-refractivity contribution in [1.82, 2.24) is 0 Å².